The van der Waals surface area contributed by atoms with Crippen molar-refractivity contribution in [3.05, 3.63) is 41.5 Å². The second kappa shape index (κ2) is 6.39. The Labute approximate surface area is 139 Å². The average Bonchev–Trinajstić information content (AvgIpc) is 3.20. The molecule has 1 aromatic rings. The van der Waals surface area contributed by atoms with Crippen LogP contribution >= 0.6 is 0 Å². The summed E-state index contributed by atoms with van der Waals surface area (Å²) >= 11 is 0. The van der Waals surface area contributed by atoms with Crippen LogP contribution in [0.2, 0.25) is 0 Å². The van der Waals surface area contributed by atoms with Crippen LogP contribution in [0.5, 0.6) is 0 Å². The zero-order chi connectivity index (χ0) is 15.7. The van der Waals surface area contributed by atoms with Crippen molar-refractivity contribution in [3.63, 3.8) is 0 Å². The monoisotopic (exact) mass is 313 g/mol. The molecule has 124 valence electrons. The molecule has 0 amide bonds. The van der Waals surface area contributed by atoms with Crippen molar-refractivity contribution in [2.24, 2.45) is 5.92 Å². The quantitative estimate of drug-likeness (QED) is 0.918. The molecule has 1 heterocycles. The Morgan fingerprint density at radius 2 is 1.83 bits per heavy atom. The van der Waals surface area contributed by atoms with Gasteiger partial charge in [-0.3, -0.25) is 0 Å². The molecule has 0 radical (unpaired) electrons. The molecule has 1 N–H and O–H groups in total. The number of ether oxygens (including phenoxy) is 2. The highest BCUT2D eigenvalue weighted by Gasteiger charge is 2.43. The Morgan fingerprint density at radius 3 is 2.52 bits per heavy atom. The fraction of sp³-hybridized carbons (Fsp3) is 0.600. The van der Waals surface area contributed by atoms with Gasteiger partial charge in [-0.2, -0.15) is 0 Å². The lowest BCUT2D eigenvalue weighted by molar-refractivity contribution is -0.179. The molecular weight excluding hydrogens is 286 g/mol. The van der Waals surface area contributed by atoms with Crippen LogP contribution in [-0.2, 0) is 9.47 Å². The summed E-state index contributed by atoms with van der Waals surface area (Å²) in [6.45, 7) is 3.81. The van der Waals surface area contributed by atoms with Gasteiger partial charge in [0.25, 0.3) is 0 Å². The molecule has 0 aromatic heterocycles. The molecule has 23 heavy (non-hydrogen) atoms. The highest BCUT2D eigenvalue weighted by Crippen LogP contribution is 2.41. The molecule has 3 fully saturated rings. The zero-order valence-electron chi connectivity index (χ0n) is 14.0. The lowest BCUT2D eigenvalue weighted by atomic mass is 9.90. The van der Waals surface area contributed by atoms with E-state index < -0.39 is 0 Å². The average molecular weight is 313 g/mol. The van der Waals surface area contributed by atoms with Crippen LogP contribution in [-0.4, -0.2) is 31.1 Å². The van der Waals surface area contributed by atoms with Gasteiger partial charge in [-0.25, -0.2) is 0 Å². The van der Waals surface area contributed by atoms with E-state index in [4.69, 9.17) is 9.47 Å². The third kappa shape index (κ3) is 3.52. The maximum atomic E-state index is 5.82. The molecule has 1 saturated heterocycles. The predicted molar refractivity (Wildman–Crippen MR) is 92.0 cm³/mol. The Balaban J connectivity index is 1.27. The zero-order valence-corrected chi connectivity index (χ0v) is 14.0. The molecule has 3 nitrogen and oxygen atoms in total. The van der Waals surface area contributed by atoms with Gasteiger partial charge in [0.1, 0.15) is 0 Å². The molecule has 2 saturated carbocycles. The summed E-state index contributed by atoms with van der Waals surface area (Å²) in [5.74, 6) is 0.481. The summed E-state index contributed by atoms with van der Waals surface area (Å²) < 4.78 is 11.6. The minimum atomic E-state index is -0.232. The van der Waals surface area contributed by atoms with E-state index >= 15 is 0 Å². The molecule has 3 aliphatic rings. The SMILES string of the molecule is CC(=Cc1ccccc1)C1CC1NC1CCC2(CC1)OCCO2. The van der Waals surface area contributed by atoms with Gasteiger partial charge in [0.05, 0.1) is 13.2 Å². The van der Waals surface area contributed by atoms with Crippen molar-refractivity contribution >= 4 is 6.08 Å². The molecule has 2 atom stereocenters. The van der Waals surface area contributed by atoms with Crippen LogP contribution in [0, 0.1) is 5.92 Å². The molecule has 2 unspecified atom stereocenters. The van der Waals surface area contributed by atoms with Crippen LogP contribution < -0.4 is 5.32 Å². The first-order valence-corrected chi connectivity index (χ1v) is 9.01. The smallest absolute Gasteiger partial charge is 0.168 e. The minimum absolute atomic E-state index is 0.232. The van der Waals surface area contributed by atoms with Crippen molar-refractivity contribution in [3.8, 4) is 0 Å². The molecule has 1 aromatic carbocycles. The molecule has 4 rings (SSSR count). The van der Waals surface area contributed by atoms with E-state index in [2.05, 4.69) is 48.6 Å². The van der Waals surface area contributed by atoms with Crippen molar-refractivity contribution < 1.29 is 9.47 Å². The topological polar surface area (TPSA) is 30.5 Å². The van der Waals surface area contributed by atoms with Gasteiger partial charge in [0.15, 0.2) is 5.79 Å². The van der Waals surface area contributed by atoms with Crippen LogP contribution in [0.1, 0.15) is 44.6 Å². The van der Waals surface area contributed by atoms with Gasteiger partial charge >= 0.3 is 0 Å². The highest BCUT2D eigenvalue weighted by molar-refractivity contribution is 5.53. The lowest BCUT2D eigenvalue weighted by Crippen LogP contribution is -2.43. The fourth-order valence-electron chi connectivity index (χ4n) is 4.11. The third-order valence-corrected chi connectivity index (χ3v) is 5.58. The first kappa shape index (κ1) is 15.4. The van der Waals surface area contributed by atoms with E-state index in [1.54, 1.807) is 0 Å². The van der Waals surface area contributed by atoms with Gasteiger partial charge < -0.3 is 14.8 Å². The lowest BCUT2D eigenvalue weighted by Gasteiger charge is -2.35. The maximum absolute atomic E-state index is 5.82. The number of hydrogen-bond acceptors (Lipinski definition) is 3. The summed E-state index contributed by atoms with van der Waals surface area (Å²) in [5, 5.41) is 3.86. The van der Waals surface area contributed by atoms with Gasteiger partial charge in [-0.1, -0.05) is 42.0 Å². The first-order valence-electron chi connectivity index (χ1n) is 9.01. The van der Waals surface area contributed by atoms with Crippen LogP contribution in [0.15, 0.2) is 35.9 Å². The number of rotatable bonds is 4. The molecule has 2 aliphatic carbocycles. The van der Waals surface area contributed by atoms with Gasteiger partial charge in [0, 0.05) is 24.9 Å². The summed E-state index contributed by atoms with van der Waals surface area (Å²) in [5.41, 5.74) is 2.81. The second-order valence-corrected chi connectivity index (χ2v) is 7.30. The Kier molecular flexibility index (Phi) is 4.27. The summed E-state index contributed by atoms with van der Waals surface area (Å²) in [6, 6.07) is 11.9. The number of hydrogen-bond donors (Lipinski definition) is 1. The molecule has 1 spiro atoms. The van der Waals surface area contributed by atoms with Crippen molar-refractivity contribution in [2.45, 2.75) is 56.9 Å². The van der Waals surface area contributed by atoms with E-state index in [1.807, 2.05) is 0 Å². The summed E-state index contributed by atoms with van der Waals surface area (Å²) in [6.07, 6.45) is 8.04. The first-order chi connectivity index (χ1) is 11.2. The van der Waals surface area contributed by atoms with Crippen LogP contribution in [0.4, 0.5) is 0 Å². The van der Waals surface area contributed by atoms with E-state index in [0.717, 1.165) is 26.1 Å². The number of benzene rings is 1. The minimum Gasteiger partial charge on any atom is -0.348 e. The highest BCUT2D eigenvalue weighted by atomic mass is 16.7. The molecule has 3 heteroatoms. The van der Waals surface area contributed by atoms with Gasteiger partial charge in [0.2, 0.25) is 0 Å². The fourth-order valence-corrected chi connectivity index (χ4v) is 4.11. The molecule has 0 bridgehead atoms. The van der Waals surface area contributed by atoms with Crippen LogP contribution in [0.3, 0.4) is 0 Å². The van der Waals surface area contributed by atoms with Gasteiger partial charge in [-0.15, -0.1) is 0 Å². The normalized spacial score (nSPS) is 30.7. The van der Waals surface area contributed by atoms with Crippen molar-refractivity contribution in [1.82, 2.24) is 5.32 Å². The Morgan fingerprint density at radius 1 is 1.13 bits per heavy atom. The Hall–Kier alpha value is -1.16. The summed E-state index contributed by atoms with van der Waals surface area (Å²) in [4.78, 5) is 0. The number of nitrogens with one attached hydrogen (secondary N) is 1. The van der Waals surface area contributed by atoms with Crippen molar-refractivity contribution in [1.29, 1.82) is 0 Å². The van der Waals surface area contributed by atoms with Gasteiger partial charge in [-0.05, 0) is 37.7 Å². The van der Waals surface area contributed by atoms with Crippen molar-refractivity contribution in [2.75, 3.05) is 13.2 Å². The molecular formula is C20H27NO2. The standard InChI is InChI=1S/C20H27NO2/c1-15(13-16-5-3-2-4-6-16)18-14-19(18)21-17-7-9-20(10-8-17)22-11-12-23-20/h2-6,13,17-19,21H,7-12,14H2,1H3. The van der Waals surface area contributed by atoms with Crippen LogP contribution in [0.25, 0.3) is 6.08 Å². The largest absolute Gasteiger partial charge is 0.348 e. The molecule has 1 aliphatic heterocycles. The van der Waals surface area contributed by atoms with E-state index in [-0.39, 0.29) is 5.79 Å². The predicted octanol–water partition coefficient (Wildman–Crippen LogP) is 3.75. The summed E-state index contributed by atoms with van der Waals surface area (Å²) in [7, 11) is 0. The van der Waals surface area contributed by atoms with E-state index in [9.17, 15) is 0 Å². The van der Waals surface area contributed by atoms with E-state index in [0.29, 0.717) is 18.0 Å². The van der Waals surface area contributed by atoms with E-state index in [1.165, 1.54) is 30.4 Å². The second-order valence-electron chi connectivity index (χ2n) is 7.30. The Bertz CT molecular complexity index is 552. The maximum Gasteiger partial charge on any atom is 0.168 e. The third-order valence-electron chi connectivity index (χ3n) is 5.58.